The van der Waals surface area contributed by atoms with Gasteiger partial charge in [-0.1, -0.05) is 55.1 Å². The highest BCUT2D eigenvalue weighted by Crippen LogP contribution is 2.47. The maximum Gasteiger partial charge on any atom is 0.114 e. The van der Waals surface area contributed by atoms with Gasteiger partial charge in [0.25, 0.3) is 0 Å². The van der Waals surface area contributed by atoms with E-state index in [1.165, 1.54) is 11.1 Å². The third-order valence-electron chi connectivity index (χ3n) is 5.11. The van der Waals surface area contributed by atoms with Gasteiger partial charge in [0.15, 0.2) is 0 Å². The second-order valence-electron chi connectivity index (χ2n) is 6.28. The zero-order chi connectivity index (χ0) is 16.0. The highest BCUT2D eigenvalue weighted by molar-refractivity contribution is 6.39. The Morgan fingerprint density at radius 1 is 1.35 bits per heavy atom. The molecule has 3 atom stereocenters. The van der Waals surface area contributed by atoms with E-state index in [2.05, 4.69) is 41.7 Å². The predicted molar refractivity (Wildman–Crippen MR) is 99.6 cm³/mol. The molecular weight excluding hydrogens is 279 g/mol. The van der Waals surface area contributed by atoms with Crippen LogP contribution in [0.3, 0.4) is 0 Å². The van der Waals surface area contributed by atoms with Crippen LogP contribution in [0.2, 0.25) is 0 Å². The second kappa shape index (κ2) is 5.34. The lowest BCUT2D eigenvalue weighted by Crippen LogP contribution is -2.37. The van der Waals surface area contributed by atoms with Crippen molar-refractivity contribution in [3.63, 3.8) is 0 Å². The van der Waals surface area contributed by atoms with Gasteiger partial charge in [0.1, 0.15) is 7.85 Å². The molecule has 0 saturated heterocycles. The van der Waals surface area contributed by atoms with Gasteiger partial charge in [-0.2, -0.15) is 0 Å². The molecule has 0 amide bonds. The van der Waals surface area contributed by atoms with Crippen molar-refractivity contribution in [2.45, 2.75) is 18.4 Å². The largest absolute Gasteiger partial charge is 0.376 e. The van der Waals surface area contributed by atoms with E-state index < -0.39 is 0 Å². The molecule has 0 spiro atoms. The summed E-state index contributed by atoms with van der Waals surface area (Å²) in [6.07, 6.45) is 13.4. The number of rotatable bonds is 3. The number of H-pyrrole nitrogens is 1. The smallest absolute Gasteiger partial charge is 0.114 e. The third-order valence-corrected chi connectivity index (χ3v) is 5.11. The molecule has 1 aliphatic heterocycles. The summed E-state index contributed by atoms with van der Waals surface area (Å²) in [5, 5.41) is 4.82. The Labute approximate surface area is 138 Å². The summed E-state index contributed by atoms with van der Waals surface area (Å²) in [6.45, 7) is 7.82. The van der Waals surface area contributed by atoms with Crippen LogP contribution in [0.4, 0.5) is 5.69 Å². The first kappa shape index (κ1) is 14.2. The summed E-state index contributed by atoms with van der Waals surface area (Å²) in [7, 11) is 6.26. The number of allylic oxidation sites excluding steroid dienone is 4. The monoisotopic (exact) mass is 298 g/mol. The Morgan fingerprint density at radius 2 is 2.22 bits per heavy atom. The van der Waals surface area contributed by atoms with Crippen molar-refractivity contribution < 1.29 is 0 Å². The van der Waals surface area contributed by atoms with Gasteiger partial charge in [0, 0.05) is 12.1 Å². The number of hydrogen-bond acceptors (Lipinski definition) is 1. The van der Waals surface area contributed by atoms with E-state index in [0.717, 1.165) is 28.5 Å². The average molecular weight is 298 g/mol. The SMILES string of the molecule is [B]c1cc2c(c3[nH]ccc13)NC(/C(C=C)=C/C=C)C1CC=CC21. The Morgan fingerprint density at radius 3 is 3.00 bits per heavy atom. The number of fused-ring (bicyclic) bond motifs is 5. The van der Waals surface area contributed by atoms with Crippen LogP contribution in [0.25, 0.3) is 10.9 Å². The van der Waals surface area contributed by atoms with Gasteiger partial charge in [-0.25, -0.2) is 0 Å². The molecule has 1 aromatic heterocycles. The highest BCUT2D eigenvalue weighted by Gasteiger charge is 2.39. The van der Waals surface area contributed by atoms with Crippen LogP contribution in [-0.2, 0) is 0 Å². The van der Waals surface area contributed by atoms with Crippen LogP contribution in [-0.4, -0.2) is 18.9 Å². The number of hydrogen-bond donors (Lipinski definition) is 2. The van der Waals surface area contributed by atoms with Crippen molar-refractivity contribution in [3.05, 3.63) is 73.0 Å². The summed E-state index contributed by atoms with van der Waals surface area (Å²) in [5.74, 6) is 0.873. The number of aromatic nitrogens is 1. The summed E-state index contributed by atoms with van der Waals surface area (Å²) in [4.78, 5) is 3.35. The molecule has 2 radical (unpaired) electrons. The van der Waals surface area contributed by atoms with E-state index in [4.69, 9.17) is 7.85 Å². The minimum atomic E-state index is 0.230. The molecule has 0 fully saturated rings. The molecule has 2 N–H and O–H groups in total. The molecule has 2 heterocycles. The first-order valence-corrected chi connectivity index (χ1v) is 8.02. The predicted octanol–water partition coefficient (Wildman–Crippen LogP) is 3.71. The lowest BCUT2D eigenvalue weighted by atomic mass is 9.74. The van der Waals surface area contributed by atoms with Crippen molar-refractivity contribution in [2.75, 3.05) is 5.32 Å². The number of nitrogens with one attached hydrogen (secondary N) is 2. The summed E-state index contributed by atoms with van der Waals surface area (Å²) in [5.41, 5.74) is 5.56. The van der Waals surface area contributed by atoms with Crippen molar-refractivity contribution in [2.24, 2.45) is 5.92 Å². The Hall–Kier alpha value is -2.42. The third kappa shape index (κ3) is 2.03. The van der Waals surface area contributed by atoms with Gasteiger partial charge < -0.3 is 10.3 Å². The van der Waals surface area contributed by atoms with Gasteiger partial charge in [0.2, 0.25) is 0 Å². The van der Waals surface area contributed by atoms with Crippen molar-refractivity contribution in [1.29, 1.82) is 0 Å². The van der Waals surface area contributed by atoms with Crippen molar-refractivity contribution in [3.8, 4) is 0 Å². The Bertz CT molecular complexity index is 856. The number of anilines is 1. The van der Waals surface area contributed by atoms with Crippen molar-refractivity contribution in [1.82, 2.24) is 4.98 Å². The quantitative estimate of drug-likeness (QED) is 0.504. The molecule has 2 aliphatic rings. The van der Waals surface area contributed by atoms with E-state index in [1.807, 2.05) is 30.5 Å². The summed E-state index contributed by atoms with van der Waals surface area (Å²) in [6, 6.07) is 4.40. The van der Waals surface area contributed by atoms with Gasteiger partial charge >= 0.3 is 0 Å². The summed E-state index contributed by atoms with van der Waals surface area (Å²) >= 11 is 0. The Balaban J connectivity index is 1.92. The molecule has 0 saturated carbocycles. The number of benzene rings is 1. The fraction of sp³-hybridized carbons (Fsp3) is 0.200. The van der Waals surface area contributed by atoms with Crippen LogP contribution in [0.15, 0.2) is 67.4 Å². The van der Waals surface area contributed by atoms with Gasteiger partial charge in [-0.15, -0.1) is 0 Å². The molecule has 1 aliphatic carbocycles. The molecule has 2 aromatic rings. The van der Waals surface area contributed by atoms with E-state index in [9.17, 15) is 0 Å². The zero-order valence-corrected chi connectivity index (χ0v) is 13.0. The molecule has 3 heteroatoms. The lowest BCUT2D eigenvalue weighted by Gasteiger charge is -2.38. The highest BCUT2D eigenvalue weighted by atomic mass is 15.0. The molecule has 0 bridgehead atoms. The van der Waals surface area contributed by atoms with E-state index in [0.29, 0.717) is 11.8 Å². The lowest BCUT2D eigenvalue weighted by molar-refractivity contribution is 0.456. The molecule has 4 rings (SSSR count). The molecule has 112 valence electrons. The first-order valence-electron chi connectivity index (χ1n) is 8.02. The maximum atomic E-state index is 6.26. The van der Waals surface area contributed by atoms with E-state index in [-0.39, 0.29) is 6.04 Å². The Kier molecular flexibility index (Phi) is 3.30. The zero-order valence-electron chi connectivity index (χ0n) is 13.0. The maximum absolute atomic E-state index is 6.26. The molecule has 23 heavy (non-hydrogen) atoms. The second-order valence-corrected chi connectivity index (χ2v) is 6.28. The van der Waals surface area contributed by atoms with Gasteiger partial charge in [-0.05, 0) is 34.9 Å². The van der Waals surface area contributed by atoms with Crippen LogP contribution in [0, 0.1) is 5.92 Å². The van der Waals surface area contributed by atoms with Crippen LogP contribution < -0.4 is 10.8 Å². The average Bonchev–Trinajstić information content (AvgIpc) is 3.22. The minimum Gasteiger partial charge on any atom is -0.376 e. The number of aromatic amines is 1. The van der Waals surface area contributed by atoms with Crippen molar-refractivity contribution >= 4 is 29.9 Å². The van der Waals surface area contributed by atoms with Gasteiger partial charge in [0.05, 0.1) is 17.2 Å². The first-order chi connectivity index (χ1) is 11.2. The minimum absolute atomic E-state index is 0.230. The van der Waals surface area contributed by atoms with E-state index >= 15 is 0 Å². The fourth-order valence-corrected chi connectivity index (χ4v) is 4.07. The molecule has 3 unspecified atom stereocenters. The standard InChI is InChI=1S/C20H19BN2/c1-3-6-12(4-2)18-14-8-5-7-13(14)16-11-17(21)15-9-10-22-19(15)20(16)23-18/h3-7,9-11,13-14,18,22-23H,1-2,8H2/b12-6+. The normalized spacial score (nSPS) is 25.7. The van der Waals surface area contributed by atoms with Crippen LogP contribution >= 0.6 is 0 Å². The van der Waals surface area contributed by atoms with Crippen LogP contribution in [0.1, 0.15) is 17.9 Å². The molecular formula is C20H19BN2. The topological polar surface area (TPSA) is 27.8 Å². The van der Waals surface area contributed by atoms with Gasteiger partial charge in [-0.3, -0.25) is 0 Å². The van der Waals surface area contributed by atoms with E-state index in [1.54, 1.807) is 0 Å². The fourth-order valence-electron chi connectivity index (χ4n) is 4.07. The summed E-state index contributed by atoms with van der Waals surface area (Å²) < 4.78 is 0. The van der Waals surface area contributed by atoms with Crippen LogP contribution in [0.5, 0.6) is 0 Å². The molecule has 1 aromatic carbocycles. The molecule has 2 nitrogen and oxygen atoms in total.